The number of aliphatic hydroxyl groups excluding tert-OH is 1. The van der Waals surface area contributed by atoms with Crippen LogP contribution in [0, 0.1) is 0 Å². The zero-order valence-corrected chi connectivity index (χ0v) is 7.67. The molecule has 0 atom stereocenters. The van der Waals surface area contributed by atoms with Crippen LogP contribution in [0.15, 0.2) is 0 Å². The summed E-state index contributed by atoms with van der Waals surface area (Å²) in [5.41, 5.74) is 0. The van der Waals surface area contributed by atoms with Crippen molar-refractivity contribution >= 4 is 0 Å². The zero-order valence-electron chi connectivity index (χ0n) is 6.91. The van der Waals surface area contributed by atoms with E-state index in [9.17, 15) is 0 Å². The Morgan fingerprint density at radius 1 is 1.09 bits per heavy atom. The van der Waals surface area contributed by atoms with Crippen LogP contribution in [-0.2, 0) is 14.5 Å². The second kappa shape index (κ2) is 6.78. The van der Waals surface area contributed by atoms with Gasteiger partial charge in [0.2, 0.25) is 6.54 Å². The van der Waals surface area contributed by atoms with Crippen LogP contribution in [0.1, 0.15) is 0 Å². The van der Waals surface area contributed by atoms with Gasteiger partial charge in [0.15, 0.2) is 0 Å². The number of hydroxylamine groups is 3. The van der Waals surface area contributed by atoms with Crippen LogP contribution < -0.4 is 12.4 Å². The third-order valence-corrected chi connectivity index (χ3v) is 1.21. The van der Waals surface area contributed by atoms with Crippen molar-refractivity contribution in [2.24, 2.45) is 0 Å². The van der Waals surface area contributed by atoms with E-state index in [2.05, 4.69) is 0 Å². The standard InChI is InChI=1S/C5H14NO4.ClH/c1-8-6(9-2,10-3)4-5-7;/h7H,4-5H2,1-3H3;1H/q+1;/p-1. The highest BCUT2D eigenvalue weighted by atomic mass is 35.5. The van der Waals surface area contributed by atoms with Gasteiger partial charge < -0.3 is 17.5 Å². The smallest absolute Gasteiger partial charge is 0.201 e. The topological polar surface area (TPSA) is 47.9 Å². The van der Waals surface area contributed by atoms with Gasteiger partial charge in [0.1, 0.15) is 27.9 Å². The summed E-state index contributed by atoms with van der Waals surface area (Å²) >= 11 is 0. The highest BCUT2D eigenvalue weighted by Gasteiger charge is 2.29. The summed E-state index contributed by atoms with van der Waals surface area (Å²) in [6.45, 7) is 0.180. The van der Waals surface area contributed by atoms with Crippen LogP contribution in [0.5, 0.6) is 0 Å². The summed E-state index contributed by atoms with van der Waals surface area (Å²) in [5, 5.41) is 8.54. The van der Waals surface area contributed by atoms with E-state index in [1.165, 1.54) is 21.3 Å². The Morgan fingerprint density at radius 3 is 1.55 bits per heavy atom. The number of nitrogens with zero attached hydrogens (tertiary/aromatic N) is 1. The fourth-order valence-electron chi connectivity index (χ4n) is 0.620. The molecule has 0 saturated heterocycles. The van der Waals surface area contributed by atoms with Crippen LogP contribution in [-0.4, -0.2) is 44.6 Å². The number of hydrogen-bond acceptors (Lipinski definition) is 4. The van der Waals surface area contributed by atoms with E-state index < -0.39 is 4.97 Å². The number of quaternary nitrogens is 1. The molecule has 70 valence electrons. The summed E-state index contributed by atoms with van der Waals surface area (Å²) in [4.78, 5) is 14.0. The first-order valence-corrected chi connectivity index (χ1v) is 2.90. The minimum atomic E-state index is -0.448. The van der Waals surface area contributed by atoms with Gasteiger partial charge >= 0.3 is 0 Å². The van der Waals surface area contributed by atoms with E-state index in [0.717, 1.165) is 0 Å². The van der Waals surface area contributed by atoms with Gasteiger partial charge in [-0.05, 0) is 0 Å². The molecule has 0 aliphatic carbocycles. The Morgan fingerprint density at radius 2 is 1.45 bits per heavy atom. The highest BCUT2D eigenvalue weighted by Crippen LogP contribution is 2.05. The third-order valence-electron chi connectivity index (χ3n) is 1.21. The van der Waals surface area contributed by atoms with Gasteiger partial charge in [-0.2, -0.15) is 0 Å². The highest BCUT2D eigenvalue weighted by molar-refractivity contribution is 4.11. The molecular weight excluding hydrogens is 174 g/mol. The molecule has 0 aliphatic heterocycles. The molecule has 0 saturated carbocycles. The second-order valence-corrected chi connectivity index (χ2v) is 1.61. The predicted molar refractivity (Wildman–Crippen MR) is 33.2 cm³/mol. The molecule has 0 bridgehead atoms. The summed E-state index contributed by atoms with van der Waals surface area (Å²) in [7, 11) is 4.30. The average Bonchev–Trinajstić information content (AvgIpc) is 2.01. The van der Waals surface area contributed by atoms with Crippen LogP contribution in [0.4, 0.5) is 0 Å². The van der Waals surface area contributed by atoms with Crippen LogP contribution >= 0.6 is 0 Å². The molecule has 0 fully saturated rings. The molecule has 0 aliphatic rings. The van der Waals surface area contributed by atoms with E-state index >= 15 is 0 Å². The lowest BCUT2D eigenvalue weighted by Crippen LogP contribution is -3.00. The fraction of sp³-hybridized carbons (Fsp3) is 1.00. The normalized spacial score (nSPS) is 10.9. The van der Waals surface area contributed by atoms with Crippen LogP contribution in [0.2, 0.25) is 0 Å². The van der Waals surface area contributed by atoms with Crippen molar-refractivity contribution in [2.75, 3.05) is 34.5 Å². The van der Waals surface area contributed by atoms with Crippen molar-refractivity contribution < 1.29 is 37.0 Å². The number of halogens is 1. The Hall–Kier alpha value is 0.0900. The van der Waals surface area contributed by atoms with Crippen molar-refractivity contribution in [2.45, 2.75) is 0 Å². The van der Waals surface area contributed by atoms with Gasteiger partial charge in [0.25, 0.3) is 0 Å². The maximum absolute atomic E-state index is 8.54. The SMILES string of the molecule is CO[N+](CCO)(OC)OC.[Cl-]. The van der Waals surface area contributed by atoms with Crippen LogP contribution in [0.25, 0.3) is 0 Å². The lowest BCUT2D eigenvalue weighted by molar-refractivity contribution is -1.36. The van der Waals surface area contributed by atoms with Gasteiger partial charge in [0, 0.05) is 0 Å². The van der Waals surface area contributed by atoms with E-state index in [1.807, 2.05) is 0 Å². The molecule has 0 spiro atoms. The quantitative estimate of drug-likeness (QED) is 0.358. The van der Waals surface area contributed by atoms with Crippen molar-refractivity contribution in [3.8, 4) is 0 Å². The predicted octanol–water partition coefficient (Wildman–Crippen LogP) is -3.52. The average molecular weight is 188 g/mol. The molecule has 0 rings (SSSR count). The van der Waals surface area contributed by atoms with E-state index in [1.54, 1.807) is 0 Å². The van der Waals surface area contributed by atoms with Gasteiger partial charge in [-0.1, -0.05) is 0 Å². The van der Waals surface area contributed by atoms with Gasteiger partial charge in [-0.3, -0.25) is 0 Å². The molecule has 0 aromatic carbocycles. The van der Waals surface area contributed by atoms with E-state index in [0.29, 0.717) is 0 Å². The maximum Gasteiger partial charge on any atom is 0.201 e. The molecular formula is C5H14ClNO4. The molecule has 0 aromatic rings. The van der Waals surface area contributed by atoms with E-state index in [4.69, 9.17) is 19.6 Å². The number of rotatable bonds is 5. The van der Waals surface area contributed by atoms with Crippen molar-refractivity contribution in [3.63, 3.8) is 0 Å². The molecule has 0 radical (unpaired) electrons. The van der Waals surface area contributed by atoms with E-state index in [-0.39, 0.29) is 25.6 Å². The largest absolute Gasteiger partial charge is 1.00 e. The van der Waals surface area contributed by atoms with Crippen LogP contribution in [0.3, 0.4) is 0 Å². The Labute approximate surface area is 72.3 Å². The molecule has 1 N–H and O–H groups in total. The maximum atomic E-state index is 8.54. The zero-order chi connectivity index (χ0) is 8.04. The second-order valence-electron chi connectivity index (χ2n) is 1.61. The molecule has 0 aromatic heterocycles. The Balaban J connectivity index is 0. The lowest BCUT2D eigenvalue weighted by atomic mass is 10.7. The van der Waals surface area contributed by atoms with Gasteiger partial charge in [0.05, 0.1) is 4.97 Å². The number of aliphatic hydroxyl groups is 1. The molecule has 5 nitrogen and oxygen atoms in total. The fourth-order valence-corrected chi connectivity index (χ4v) is 0.620. The summed E-state index contributed by atoms with van der Waals surface area (Å²) < 4.78 is 0. The molecule has 11 heavy (non-hydrogen) atoms. The van der Waals surface area contributed by atoms with Crippen molar-refractivity contribution in [3.05, 3.63) is 0 Å². The first kappa shape index (κ1) is 13.7. The van der Waals surface area contributed by atoms with Crippen molar-refractivity contribution in [1.29, 1.82) is 0 Å². The molecule has 0 heterocycles. The summed E-state index contributed by atoms with van der Waals surface area (Å²) in [6.07, 6.45) is 0. The lowest BCUT2D eigenvalue weighted by Gasteiger charge is -2.23. The third kappa shape index (κ3) is 3.85. The number of hydrogen-bond donors (Lipinski definition) is 1. The summed E-state index contributed by atoms with van der Waals surface area (Å²) in [5.74, 6) is 0. The first-order valence-electron chi connectivity index (χ1n) is 2.90. The van der Waals surface area contributed by atoms with Crippen molar-refractivity contribution in [1.82, 2.24) is 0 Å². The van der Waals surface area contributed by atoms with Gasteiger partial charge in [-0.15, -0.1) is 14.5 Å². The monoisotopic (exact) mass is 187 g/mol. The Kier molecular flexibility index (Phi) is 8.42. The van der Waals surface area contributed by atoms with Gasteiger partial charge in [-0.25, -0.2) is 0 Å². The molecule has 6 heteroatoms. The Bertz CT molecular complexity index is 80.3. The molecule has 0 unspecified atom stereocenters. The minimum Gasteiger partial charge on any atom is -1.00 e. The molecule has 0 amide bonds. The summed E-state index contributed by atoms with van der Waals surface area (Å²) in [6, 6.07) is 0. The first-order chi connectivity index (χ1) is 4.74. The minimum absolute atomic E-state index is 0.